The standard InChI is InChI=1S/C10H18N2/c1-4-9(5-2)12-8-7-11-10(12)6-3/h7-9H,4-6H2,1-3H3. The molecule has 0 saturated heterocycles. The molecule has 0 bridgehead atoms. The van der Waals surface area contributed by atoms with Gasteiger partial charge in [0, 0.05) is 24.9 Å². The maximum Gasteiger partial charge on any atom is 0.108 e. The Morgan fingerprint density at radius 1 is 1.33 bits per heavy atom. The molecule has 0 aliphatic carbocycles. The highest BCUT2D eigenvalue weighted by Gasteiger charge is 2.08. The van der Waals surface area contributed by atoms with Crippen molar-refractivity contribution >= 4 is 0 Å². The lowest BCUT2D eigenvalue weighted by Gasteiger charge is -2.16. The summed E-state index contributed by atoms with van der Waals surface area (Å²) < 4.78 is 2.31. The second kappa shape index (κ2) is 4.29. The van der Waals surface area contributed by atoms with E-state index in [1.807, 2.05) is 6.20 Å². The topological polar surface area (TPSA) is 17.8 Å². The summed E-state index contributed by atoms with van der Waals surface area (Å²) in [5.41, 5.74) is 0. The lowest BCUT2D eigenvalue weighted by Crippen LogP contribution is -2.09. The zero-order chi connectivity index (χ0) is 8.97. The Morgan fingerprint density at radius 3 is 2.50 bits per heavy atom. The molecule has 0 radical (unpaired) electrons. The minimum Gasteiger partial charge on any atom is -0.332 e. The fourth-order valence-corrected chi connectivity index (χ4v) is 1.63. The van der Waals surface area contributed by atoms with Crippen LogP contribution in [0.2, 0.25) is 0 Å². The molecular formula is C10H18N2. The van der Waals surface area contributed by atoms with Crippen molar-refractivity contribution < 1.29 is 0 Å². The largest absolute Gasteiger partial charge is 0.332 e. The van der Waals surface area contributed by atoms with E-state index < -0.39 is 0 Å². The van der Waals surface area contributed by atoms with Gasteiger partial charge in [-0.15, -0.1) is 0 Å². The molecule has 0 aliphatic rings. The molecule has 0 saturated carbocycles. The van der Waals surface area contributed by atoms with Crippen LogP contribution < -0.4 is 0 Å². The van der Waals surface area contributed by atoms with Gasteiger partial charge in [-0.3, -0.25) is 0 Å². The first-order valence-corrected chi connectivity index (χ1v) is 4.85. The Hall–Kier alpha value is -0.790. The van der Waals surface area contributed by atoms with Crippen LogP contribution >= 0.6 is 0 Å². The first kappa shape index (κ1) is 9.30. The fraction of sp³-hybridized carbons (Fsp3) is 0.700. The van der Waals surface area contributed by atoms with Crippen molar-refractivity contribution in [3.05, 3.63) is 18.2 Å². The van der Waals surface area contributed by atoms with Gasteiger partial charge in [-0.1, -0.05) is 20.8 Å². The summed E-state index contributed by atoms with van der Waals surface area (Å²) in [6.45, 7) is 6.61. The van der Waals surface area contributed by atoms with Crippen molar-refractivity contribution in [2.24, 2.45) is 0 Å². The van der Waals surface area contributed by atoms with Gasteiger partial charge in [-0.2, -0.15) is 0 Å². The zero-order valence-corrected chi connectivity index (χ0v) is 8.25. The Bertz CT molecular complexity index is 223. The van der Waals surface area contributed by atoms with Crippen LogP contribution in [0.3, 0.4) is 0 Å². The third-order valence-corrected chi connectivity index (χ3v) is 2.40. The van der Waals surface area contributed by atoms with Gasteiger partial charge in [0.05, 0.1) is 0 Å². The molecule has 0 N–H and O–H groups in total. The van der Waals surface area contributed by atoms with E-state index in [0.29, 0.717) is 6.04 Å². The van der Waals surface area contributed by atoms with E-state index in [9.17, 15) is 0 Å². The summed E-state index contributed by atoms with van der Waals surface area (Å²) >= 11 is 0. The number of rotatable bonds is 4. The van der Waals surface area contributed by atoms with Gasteiger partial charge >= 0.3 is 0 Å². The molecule has 1 rings (SSSR count). The van der Waals surface area contributed by atoms with E-state index in [1.54, 1.807) is 0 Å². The number of hydrogen-bond acceptors (Lipinski definition) is 1. The van der Waals surface area contributed by atoms with Crippen LogP contribution in [0.4, 0.5) is 0 Å². The molecule has 1 aromatic rings. The van der Waals surface area contributed by atoms with Crippen LogP contribution in [0.25, 0.3) is 0 Å². The van der Waals surface area contributed by atoms with Gasteiger partial charge < -0.3 is 4.57 Å². The van der Waals surface area contributed by atoms with Gasteiger partial charge in [0.2, 0.25) is 0 Å². The van der Waals surface area contributed by atoms with Gasteiger partial charge in [0.1, 0.15) is 5.82 Å². The van der Waals surface area contributed by atoms with E-state index in [2.05, 4.69) is 36.5 Å². The average Bonchev–Trinajstić information content (AvgIpc) is 2.55. The molecule has 0 spiro atoms. The van der Waals surface area contributed by atoms with Crippen molar-refractivity contribution in [1.29, 1.82) is 0 Å². The van der Waals surface area contributed by atoms with Crippen molar-refractivity contribution in [3.8, 4) is 0 Å². The van der Waals surface area contributed by atoms with Crippen LogP contribution in [0.1, 0.15) is 45.5 Å². The van der Waals surface area contributed by atoms with Crippen molar-refractivity contribution in [1.82, 2.24) is 9.55 Å². The van der Waals surface area contributed by atoms with Crippen molar-refractivity contribution in [2.75, 3.05) is 0 Å². The highest BCUT2D eigenvalue weighted by molar-refractivity contribution is 4.94. The summed E-state index contributed by atoms with van der Waals surface area (Å²) in [5.74, 6) is 1.21. The monoisotopic (exact) mass is 166 g/mol. The predicted octanol–water partition coefficient (Wildman–Crippen LogP) is 2.81. The number of imidazole rings is 1. The minimum atomic E-state index is 0.641. The number of hydrogen-bond donors (Lipinski definition) is 0. The summed E-state index contributed by atoms with van der Waals surface area (Å²) in [5, 5.41) is 0. The van der Waals surface area contributed by atoms with Crippen LogP contribution in [0.5, 0.6) is 0 Å². The Labute approximate surface area is 74.6 Å². The summed E-state index contributed by atoms with van der Waals surface area (Å²) in [4.78, 5) is 4.31. The van der Waals surface area contributed by atoms with E-state index in [1.165, 1.54) is 18.7 Å². The van der Waals surface area contributed by atoms with Gasteiger partial charge in [-0.05, 0) is 12.8 Å². The quantitative estimate of drug-likeness (QED) is 0.672. The van der Waals surface area contributed by atoms with E-state index in [0.717, 1.165) is 6.42 Å². The summed E-state index contributed by atoms with van der Waals surface area (Å²) in [7, 11) is 0. The van der Waals surface area contributed by atoms with Crippen molar-refractivity contribution in [2.45, 2.75) is 46.1 Å². The zero-order valence-electron chi connectivity index (χ0n) is 8.25. The number of aromatic nitrogens is 2. The first-order valence-electron chi connectivity index (χ1n) is 4.85. The third-order valence-electron chi connectivity index (χ3n) is 2.40. The SMILES string of the molecule is CCc1nccn1C(CC)CC. The maximum atomic E-state index is 4.31. The van der Waals surface area contributed by atoms with Crippen LogP contribution in [-0.2, 0) is 6.42 Å². The van der Waals surface area contributed by atoms with Gasteiger partial charge in [-0.25, -0.2) is 4.98 Å². The molecule has 12 heavy (non-hydrogen) atoms. The normalized spacial score (nSPS) is 11.0. The average molecular weight is 166 g/mol. The smallest absolute Gasteiger partial charge is 0.108 e. The lowest BCUT2D eigenvalue weighted by molar-refractivity contribution is 0.456. The first-order chi connectivity index (χ1) is 5.83. The maximum absolute atomic E-state index is 4.31. The Balaban J connectivity index is 2.83. The molecule has 1 heterocycles. The summed E-state index contributed by atoms with van der Waals surface area (Å²) in [6.07, 6.45) is 7.41. The predicted molar refractivity (Wildman–Crippen MR) is 51.2 cm³/mol. The highest BCUT2D eigenvalue weighted by atomic mass is 15.1. The Morgan fingerprint density at radius 2 is 2.00 bits per heavy atom. The number of nitrogens with zero attached hydrogens (tertiary/aromatic N) is 2. The molecular weight excluding hydrogens is 148 g/mol. The molecule has 2 nitrogen and oxygen atoms in total. The van der Waals surface area contributed by atoms with Crippen LogP contribution in [0, 0.1) is 0 Å². The van der Waals surface area contributed by atoms with E-state index in [-0.39, 0.29) is 0 Å². The van der Waals surface area contributed by atoms with Crippen molar-refractivity contribution in [3.63, 3.8) is 0 Å². The molecule has 1 aromatic heterocycles. The molecule has 0 atom stereocenters. The molecule has 0 fully saturated rings. The van der Waals surface area contributed by atoms with Gasteiger partial charge in [0.15, 0.2) is 0 Å². The van der Waals surface area contributed by atoms with Crippen LogP contribution in [-0.4, -0.2) is 9.55 Å². The minimum absolute atomic E-state index is 0.641. The lowest BCUT2D eigenvalue weighted by atomic mass is 10.1. The van der Waals surface area contributed by atoms with Gasteiger partial charge in [0.25, 0.3) is 0 Å². The van der Waals surface area contributed by atoms with Crippen LogP contribution in [0.15, 0.2) is 12.4 Å². The second-order valence-electron chi connectivity index (χ2n) is 3.07. The third kappa shape index (κ3) is 1.68. The molecule has 68 valence electrons. The molecule has 0 aromatic carbocycles. The highest BCUT2D eigenvalue weighted by Crippen LogP contribution is 2.17. The van der Waals surface area contributed by atoms with E-state index in [4.69, 9.17) is 0 Å². The summed E-state index contributed by atoms with van der Waals surface area (Å²) in [6, 6.07) is 0.641. The molecule has 0 amide bonds. The molecule has 0 aliphatic heterocycles. The number of aryl methyl sites for hydroxylation is 1. The molecule has 0 unspecified atom stereocenters. The Kier molecular flexibility index (Phi) is 3.32. The van der Waals surface area contributed by atoms with E-state index >= 15 is 0 Å². The molecule has 2 heteroatoms. The fourth-order valence-electron chi connectivity index (χ4n) is 1.63. The second-order valence-corrected chi connectivity index (χ2v) is 3.07.